The zero-order valence-corrected chi connectivity index (χ0v) is 32.2. The van der Waals surface area contributed by atoms with E-state index in [0.29, 0.717) is 0 Å². The van der Waals surface area contributed by atoms with Gasteiger partial charge in [0, 0.05) is 46.4 Å². The SMILES string of the molecule is c1ccc2c(c1)sc1cc(-c3c4ccccc4c(-c4ccc(-c5ccc6cc7oc8c(ccc9c%10ccccc%10sc98)c7cc6c5)cc4)c4ccccc34)ccc12. The Morgan fingerprint density at radius 2 is 0.825 bits per heavy atom. The summed E-state index contributed by atoms with van der Waals surface area (Å²) in [5.41, 5.74) is 9.38. The molecule has 0 atom stereocenters. The number of hydrogen-bond acceptors (Lipinski definition) is 3. The predicted molar refractivity (Wildman–Crippen MR) is 248 cm³/mol. The van der Waals surface area contributed by atoms with Crippen LogP contribution in [0.15, 0.2) is 186 Å². The second-order valence-electron chi connectivity index (χ2n) is 15.2. The van der Waals surface area contributed by atoms with E-state index in [1.54, 1.807) is 0 Å². The lowest BCUT2D eigenvalue weighted by molar-refractivity contribution is 0.674. The fourth-order valence-corrected chi connectivity index (χ4v) is 11.7. The quantitative estimate of drug-likeness (QED) is 0.164. The third kappa shape index (κ3) is 4.61. The first-order chi connectivity index (χ1) is 28.2. The van der Waals surface area contributed by atoms with E-state index in [2.05, 4.69) is 182 Å². The van der Waals surface area contributed by atoms with Crippen molar-refractivity contribution in [2.45, 2.75) is 0 Å². The molecular formula is C54H30OS2. The van der Waals surface area contributed by atoms with Crippen molar-refractivity contribution in [1.29, 1.82) is 0 Å². The van der Waals surface area contributed by atoms with Crippen molar-refractivity contribution in [3.05, 3.63) is 182 Å². The lowest BCUT2D eigenvalue weighted by Gasteiger charge is -2.18. The van der Waals surface area contributed by atoms with Gasteiger partial charge in [0.2, 0.25) is 0 Å². The third-order valence-corrected chi connectivity index (χ3v) is 14.4. The van der Waals surface area contributed by atoms with E-state index in [1.807, 2.05) is 22.7 Å². The summed E-state index contributed by atoms with van der Waals surface area (Å²) < 4.78 is 11.8. The molecule has 10 aromatic carbocycles. The Balaban J connectivity index is 0.924. The minimum atomic E-state index is 0.936. The topological polar surface area (TPSA) is 13.1 Å². The summed E-state index contributed by atoms with van der Waals surface area (Å²) in [4.78, 5) is 0. The Bertz CT molecular complexity index is 3750. The van der Waals surface area contributed by atoms with Crippen LogP contribution in [-0.2, 0) is 0 Å². The van der Waals surface area contributed by atoms with Crippen LogP contribution in [0.4, 0.5) is 0 Å². The molecule has 1 nitrogen and oxygen atoms in total. The van der Waals surface area contributed by atoms with Crippen molar-refractivity contribution >= 4 is 117 Å². The first-order valence-electron chi connectivity index (χ1n) is 19.4. The average molecular weight is 759 g/mol. The van der Waals surface area contributed by atoms with Gasteiger partial charge in [0.05, 0.1) is 4.70 Å². The standard InChI is InChI=1S/C54H30OS2/c1-3-13-42-40(11-1)51(41-12-2-4-14-43(41)52(42)35-23-24-39-37-9-5-7-15-48(37)56-50(39)30-35)32-19-17-31(18-20-32)33-21-22-34-29-47-46(28-36(34)27-33)44-25-26-45-38-10-6-8-16-49(38)57-54(45)53(44)55-47/h1-30H. The van der Waals surface area contributed by atoms with Crippen molar-refractivity contribution in [1.82, 2.24) is 0 Å². The van der Waals surface area contributed by atoms with E-state index < -0.39 is 0 Å². The van der Waals surface area contributed by atoms with Crippen LogP contribution in [0.25, 0.3) is 128 Å². The van der Waals surface area contributed by atoms with Gasteiger partial charge in [-0.15, -0.1) is 22.7 Å². The van der Waals surface area contributed by atoms with E-state index in [-0.39, 0.29) is 0 Å². The zero-order chi connectivity index (χ0) is 37.2. The van der Waals surface area contributed by atoms with Crippen LogP contribution < -0.4 is 0 Å². The molecular weight excluding hydrogens is 729 g/mol. The summed E-state index contributed by atoms with van der Waals surface area (Å²) in [6.45, 7) is 0. The van der Waals surface area contributed by atoms with Crippen molar-refractivity contribution in [2.24, 2.45) is 0 Å². The van der Waals surface area contributed by atoms with E-state index >= 15 is 0 Å². The van der Waals surface area contributed by atoms with Gasteiger partial charge in [-0.2, -0.15) is 0 Å². The molecule has 0 fully saturated rings. The van der Waals surface area contributed by atoms with Gasteiger partial charge in [-0.25, -0.2) is 0 Å². The van der Waals surface area contributed by atoms with Crippen LogP contribution in [-0.4, -0.2) is 0 Å². The van der Waals surface area contributed by atoms with Crippen LogP contribution in [0.1, 0.15) is 0 Å². The normalized spacial score (nSPS) is 12.2. The molecule has 0 saturated carbocycles. The lowest BCUT2D eigenvalue weighted by atomic mass is 9.85. The molecule has 0 spiro atoms. The lowest BCUT2D eigenvalue weighted by Crippen LogP contribution is -1.91. The summed E-state index contributed by atoms with van der Waals surface area (Å²) in [6.07, 6.45) is 0. The van der Waals surface area contributed by atoms with Crippen LogP contribution in [0.2, 0.25) is 0 Å². The number of hydrogen-bond donors (Lipinski definition) is 0. The summed E-state index contributed by atoms with van der Waals surface area (Å²) in [6, 6.07) is 67.3. The molecule has 0 amide bonds. The Kier molecular flexibility index (Phi) is 6.54. The molecule has 0 aliphatic heterocycles. The van der Waals surface area contributed by atoms with Crippen molar-refractivity contribution in [2.75, 3.05) is 0 Å². The van der Waals surface area contributed by atoms with E-state index in [4.69, 9.17) is 4.42 Å². The fourth-order valence-electron chi connectivity index (χ4n) is 9.40. The largest absolute Gasteiger partial charge is 0.455 e. The molecule has 0 radical (unpaired) electrons. The number of fused-ring (bicyclic) bond motifs is 13. The highest BCUT2D eigenvalue weighted by atomic mass is 32.1. The van der Waals surface area contributed by atoms with Crippen molar-refractivity contribution in [3.8, 4) is 33.4 Å². The molecule has 13 aromatic rings. The number of benzene rings is 10. The summed E-state index contributed by atoms with van der Waals surface area (Å²) >= 11 is 3.70. The smallest absolute Gasteiger partial charge is 0.153 e. The summed E-state index contributed by atoms with van der Waals surface area (Å²) in [5, 5.41) is 15.0. The average Bonchev–Trinajstić information content (AvgIpc) is 3.95. The molecule has 0 N–H and O–H groups in total. The van der Waals surface area contributed by atoms with Gasteiger partial charge in [-0.1, -0.05) is 140 Å². The zero-order valence-electron chi connectivity index (χ0n) is 30.5. The van der Waals surface area contributed by atoms with Crippen LogP contribution in [0.3, 0.4) is 0 Å². The van der Waals surface area contributed by atoms with Gasteiger partial charge in [0.15, 0.2) is 5.58 Å². The number of thiophene rings is 2. The van der Waals surface area contributed by atoms with Crippen molar-refractivity contribution < 1.29 is 4.42 Å². The minimum Gasteiger partial charge on any atom is -0.455 e. The van der Waals surface area contributed by atoms with Gasteiger partial charge in [-0.05, 0) is 108 Å². The maximum atomic E-state index is 6.61. The highest BCUT2D eigenvalue weighted by Crippen LogP contribution is 2.46. The summed E-state index contributed by atoms with van der Waals surface area (Å²) in [5.74, 6) is 0. The first kappa shape index (κ1) is 31.4. The Morgan fingerprint density at radius 1 is 0.298 bits per heavy atom. The number of furan rings is 1. The maximum absolute atomic E-state index is 6.61. The fraction of sp³-hybridized carbons (Fsp3) is 0. The molecule has 0 bridgehead atoms. The molecule has 0 aliphatic carbocycles. The highest BCUT2D eigenvalue weighted by molar-refractivity contribution is 7.26. The molecule has 0 unspecified atom stereocenters. The predicted octanol–water partition coefficient (Wildman–Crippen LogP) is 16.8. The molecule has 57 heavy (non-hydrogen) atoms. The van der Waals surface area contributed by atoms with Gasteiger partial charge in [0.25, 0.3) is 0 Å². The monoisotopic (exact) mass is 758 g/mol. The molecule has 3 aromatic heterocycles. The van der Waals surface area contributed by atoms with Gasteiger partial charge >= 0.3 is 0 Å². The first-order valence-corrected chi connectivity index (χ1v) is 21.0. The maximum Gasteiger partial charge on any atom is 0.153 e. The van der Waals surface area contributed by atoms with Crippen molar-refractivity contribution in [3.63, 3.8) is 0 Å². The third-order valence-electron chi connectivity index (χ3n) is 12.0. The number of rotatable bonds is 3. The second-order valence-corrected chi connectivity index (χ2v) is 17.3. The summed E-state index contributed by atoms with van der Waals surface area (Å²) in [7, 11) is 0. The Labute approximate surface area is 335 Å². The van der Waals surface area contributed by atoms with E-state index in [0.717, 1.165) is 16.6 Å². The van der Waals surface area contributed by atoms with Crippen LogP contribution >= 0.6 is 22.7 Å². The molecule has 13 rings (SSSR count). The van der Waals surface area contributed by atoms with Gasteiger partial charge < -0.3 is 4.42 Å². The van der Waals surface area contributed by atoms with Crippen LogP contribution in [0.5, 0.6) is 0 Å². The minimum absolute atomic E-state index is 0.936. The molecule has 3 heteroatoms. The van der Waals surface area contributed by atoms with E-state index in [1.165, 1.54) is 111 Å². The van der Waals surface area contributed by atoms with E-state index in [9.17, 15) is 0 Å². The molecule has 0 saturated heterocycles. The second kappa shape index (κ2) is 11.9. The van der Waals surface area contributed by atoms with Gasteiger partial charge in [-0.3, -0.25) is 0 Å². The Morgan fingerprint density at radius 3 is 1.54 bits per heavy atom. The molecule has 3 heterocycles. The Hall–Kier alpha value is -6.78. The van der Waals surface area contributed by atoms with Gasteiger partial charge in [0.1, 0.15) is 5.58 Å². The van der Waals surface area contributed by atoms with Crippen LogP contribution in [0, 0.1) is 0 Å². The highest BCUT2D eigenvalue weighted by Gasteiger charge is 2.19. The molecule has 264 valence electrons. The molecule has 0 aliphatic rings.